The van der Waals surface area contributed by atoms with Gasteiger partial charge in [-0.1, -0.05) is 19.1 Å². The molecule has 14 heavy (non-hydrogen) atoms. The van der Waals surface area contributed by atoms with Crippen molar-refractivity contribution in [2.24, 2.45) is 0 Å². The van der Waals surface area contributed by atoms with Crippen LogP contribution < -0.4 is 5.32 Å². The maximum Gasteiger partial charge on any atom is 0.251 e. The van der Waals surface area contributed by atoms with E-state index < -0.39 is 0 Å². The van der Waals surface area contributed by atoms with Crippen molar-refractivity contribution in [3.63, 3.8) is 0 Å². The van der Waals surface area contributed by atoms with E-state index >= 15 is 0 Å². The molecule has 75 valence electrons. The molecular formula is C11H13ClNO. The van der Waals surface area contributed by atoms with E-state index in [1.807, 2.05) is 12.1 Å². The predicted molar refractivity (Wildman–Crippen MR) is 58.3 cm³/mol. The van der Waals surface area contributed by atoms with Gasteiger partial charge in [0.05, 0.1) is 0 Å². The first-order valence-corrected chi connectivity index (χ1v) is 5.03. The van der Waals surface area contributed by atoms with Crippen LogP contribution in [0.2, 0.25) is 0 Å². The van der Waals surface area contributed by atoms with Crippen molar-refractivity contribution in [2.45, 2.75) is 12.3 Å². The highest BCUT2D eigenvalue weighted by Gasteiger charge is 2.02. The lowest BCUT2D eigenvalue weighted by Crippen LogP contribution is -2.23. The first-order chi connectivity index (χ1) is 6.77. The molecule has 1 aromatic rings. The molecule has 1 N–H and O–H groups in total. The molecule has 0 aromatic heterocycles. The van der Waals surface area contributed by atoms with E-state index in [4.69, 9.17) is 11.6 Å². The standard InChI is InChI=1S/C11H13ClNO/c1-2-7-13-11(14)10-5-3-9(8-12)4-6-10/h3-6H,1-2,7-8H2,(H,13,14). The summed E-state index contributed by atoms with van der Waals surface area (Å²) in [6, 6.07) is 7.25. The Morgan fingerprint density at radius 1 is 1.36 bits per heavy atom. The van der Waals surface area contributed by atoms with Gasteiger partial charge in [0, 0.05) is 18.0 Å². The molecule has 0 aliphatic heterocycles. The predicted octanol–water partition coefficient (Wildman–Crippen LogP) is 2.38. The summed E-state index contributed by atoms with van der Waals surface area (Å²) < 4.78 is 0. The van der Waals surface area contributed by atoms with Crippen molar-refractivity contribution in [2.75, 3.05) is 6.54 Å². The highest BCUT2D eigenvalue weighted by atomic mass is 35.5. The number of benzene rings is 1. The third kappa shape index (κ3) is 3.04. The summed E-state index contributed by atoms with van der Waals surface area (Å²) >= 11 is 5.63. The zero-order valence-electron chi connectivity index (χ0n) is 7.92. The summed E-state index contributed by atoms with van der Waals surface area (Å²) in [6.07, 6.45) is 0.700. The number of carbonyl (C=O) groups excluding carboxylic acids is 1. The van der Waals surface area contributed by atoms with Gasteiger partial charge in [0.25, 0.3) is 5.91 Å². The maximum absolute atomic E-state index is 11.4. The third-order valence-corrected chi connectivity index (χ3v) is 2.14. The Balaban J connectivity index is 2.62. The van der Waals surface area contributed by atoms with Gasteiger partial charge in [-0.25, -0.2) is 0 Å². The lowest BCUT2D eigenvalue weighted by atomic mass is 10.1. The van der Waals surface area contributed by atoms with E-state index in [0.717, 1.165) is 5.56 Å². The third-order valence-electron chi connectivity index (χ3n) is 1.83. The largest absolute Gasteiger partial charge is 0.352 e. The van der Waals surface area contributed by atoms with E-state index in [2.05, 4.69) is 12.2 Å². The van der Waals surface area contributed by atoms with E-state index in [-0.39, 0.29) is 5.91 Å². The lowest BCUT2D eigenvalue weighted by Gasteiger charge is -2.03. The zero-order valence-corrected chi connectivity index (χ0v) is 8.68. The Bertz CT molecular complexity index is 295. The molecule has 2 nitrogen and oxygen atoms in total. The first kappa shape index (κ1) is 11.1. The molecule has 1 rings (SSSR count). The fraction of sp³-hybridized carbons (Fsp3) is 0.273. The molecule has 0 spiro atoms. The molecule has 0 saturated heterocycles. The maximum atomic E-state index is 11.4. The first-order valence-electron chi connectivity index (χ1n) is 4.50. The molecule has 1 aromatic carbocycles. The van der Waals surface area contributed by atoms with E-state index in [1.54, 1.807) is 12.1 Å². The van der Waals surface area contributed by atoms with E-state index in [1.165, 1.54) is 0 Å². The van der Waals surface area contributed by atoms with Crippen LogP contribution in [-0.2, 0) is 5.88 Å². The molecule has 1 radical (unpaired) electrons. The number of carbonyl (C=O) groups is 1. The lowest BCUT2D eigenvalue weighted by molar-refractivity contribution is 0.0954. The van der Waals surface area contributed by atoms with Crippen LogP contribution in [-0.4, -0.2) is 12.5 Å². The smallest absolute Gasteiger partial charge is 0.251 e. The highest BCUT2D eigenvalue weighted by molar-refractivity contribution is 6.17. The topological polar surface area (TPSA) is 29.1 Å². The number of halogens is 1. The fourth-order valence-corrected chi connectivity index (χ4v) is 1.23. The summed E-state index contributed by atoms with van der Waals surface area (Å²) in [5.41, 5.74) is 1.67. The zero-order chi connectivity index (χ0) is 10.4. The Labute approximate surface area is 89.3 Å². The van der Waals surface area contributed by atoms with Crippen molar-refractivity contribution in [3.8, 4) is 0 Å². The molecule has 0 aliphatic rings. The Hall–Kier alpha value is -1.02. The van der Waals surface area contributed by atoms with Crippen LogP contribution in [0.3, 0.4) is 0 Å². The second kappa shape index (κ2) is 5.66. The van der Waals surface area contributed by atoms with Crippen LogP contribution in [0.4, 0.5) is 0 Å². The second-order valence-corrected chi connectivity index (χ2v) is 3.21. The average molecular weight is 211 g/mol. The molecule has 3 heteroatoms. The molecule has 0 heterocycles. The van der Waals surface area contributed by atoms with Crippen molar-refractivity contribution < 1.29 is 4.79 Å². The van der Waals surface area contributed by atoms with Crippen LogP contribution in [0.5, 0.6) is 0 Å². The molecule has 0 fully saturated rings. The SMILES string of the molecule is [CH2]CCNC(=O)c1ccc(CCl)cc1. The van der Waals surface area contributed by atoms with Gasteiger partial charge in [-0.3, -0.25) is 4.79 Å². The van der Waals surface area contributed by atoms with E-state index in [0.29, 0.717) is 24.4 Å². The Morgan fingerprint density at radius 3 is 2.50 bits per heavy atom. The molecular weight excluding hydrogens is 198 g/mol. The molecule has 0 saturated carbocycles. The van der Waals surface area contributed by atoms with Crippen LogP contribution in [0.15, 0.2) is 24.3 Å². The van der Waals surface area contributed by atoms with Gasteiger partial charge in [-0.05, 0) is 24.1 Å². The number of rotatable bonds is 4. The number of hydrogen-bond acceptors (Lipinski definition) is 1. The minimum absolute atomic E-state index is 0.0604. The van der Waals surface area contributed by atoms with Crippen molar-refractivity contribution in [1.29, 1.82) is 0 Å². The van der Waals surface area contributed by atoms with Gasteiger partial charge in [0.1, 0.15) is 0 Å². The molecule has 1 amide bonds. The summed E-state index contributed by atoms with van der Waals surface area (Å²) in [6.45, 7) is 4.25. The number of nitrogens with one attached hydrogen (secondary N) is 1. The number of alkyl halides is 1. The summed E-state index contributed by atoms with van der Waals surface area (Å²) in [7, 11) is 0. The summed E-state index contributed by atoms with van der Waals surface area (Å²) in [5, 5.41) is 2.75. The molecule has 0 atom stereocenters. The number of amides is 1. The Morgan fingerprint density at radius 2 is 2.00 bits per heavy atom. The van der Waals surface area contributed by atoms with Gasteiger partial charge in [-0.15, -0.1) is 11.6 Å². The van der Waals surface area contributed by atoms with E-state index in [9.17, 15) is 4.79 Å². The monoisotopic (exact) mass is 210 g/mol. The highest BCUT2D eigenvalue weighted by Crippen LogP contribution is 2.06. The van der Waals surface area contributed by atoms with Gasteiger partial charge in [0.15, 0.2) is 0 Å². The quantitative estimate of drug-likeness (QED) is 0.760. The normalized spacial score (nSPS) is 9.86. The average Bonchev–Trinajstić information content (AvgIpc) is 2.26. The van der Waals surface area contributed by atoms with Gasteiger partial charge >= 0.3 is 0 Å². The minimum atomic E-state index is -0.0604. The summed E-state index contributed by atoms with van der Waals surface area (Å²) in [4.78, 5) is 11.4. The second-order valence-electron chi connectivity index (χ2n) is 2.94. The molecule has 0 unspecified atom stereocenters. The van der Waals surface area contributed by atoms with Crippen LogP contribution >= 0.6 is 11.6 Å². The van der Waals surface area contributed by atoms with Gasteiger partial charge < -0.3 is 5.32 Å². The van der Waals surface area contributed by atoms with Crippen LogP contribution in [0.1, 0.15) is 22.3 Å². The van der Waals surface area contributed by atoms with Gasteiger partial charge in [0.2, 0.25) is 0 Å². The summed E-state index contributed by atoms with van der Waals surface area (Å²) in [5.74, 6) is 0.413. The minimum Gasteiger partial charge on any atom is -0.352 e. The van der Waals surface area contributed by atoms with Crippen molar-refractivity contribution in [3.05, 3.63) is 42.3 Å². The number of hydrogen-bond donors (Lipinski definition) is 1. The molecule has 0 aliphatic carbocycles. The fourth-order valence-electron chi connectivity index (χ4n) is 1.05. The van der Waals surface area contributed by atoms with Crippen molar-refractivity contribution >= 4 is 17.5 Å². The van der Waals surface area contributed by atoms with Crippen molar-refractivity contribution in [1.82, 2.24) is 5.32 Å². The van der Waals surface area contributed by atoms with Crippen LogP contribution in [0.25, 0.3) is 0 Å². The van der Waals surface area contributed by atoms with Crippen LogP contribution in [0, 0.1) is 6.92 Å². The molecule has 0 bridgehead atoms. The Kier molecular flexibility index (Phi) is 4.47. The van der Waals surface area contributed by atoms with Gasteiger partial charge in [-0.2, -0.15) is 0 Å².